The van der Waals surface area contributed by atoms with E-state index in [2.05, 4.69) is 14.9 Å². The highest BCUT2D eigenvalue weighted by atomic mass is 35.5. The molecule has 6 nitrogen and oxygen atoms in total. The summed E-state index contributed by atoms with van der Waals surface area (Å²) in [5.74, 6) is 2.29. The maximum atomic E-state index is 13.0. The summed E-state index contributed by atoms with van der Waals surface area (Å²) < 4.78 is 5.93. The van der Waals surface area contributed by atoms with Crippen LogP contribution in [0.2, 0.25) is 5.02 Å². The van der Waals surface area contributed by atoms with Gasteiger partial charge in [0.15, 0.2) is 5.60 Å². The van der Waals surface area contributed by atoms with Gasteiger partial charge in [-0.25, -0.2) is 9.97 Å². The van der Waals surface area contributed by atoms with Gasteiger partial charge in [0.1, 0.15) is 17.4 Å². The van der Waals surface area contributed by atoms with Crippen LogP contribution in [0.25, 0.3) is 0 Å². The molecular formula is C20H25ClN4O2. The van der Waals surface area contributed by atoms with Crippen molar-refractivity contribution >= 4 is 23.3 Å². The van der Waals surface area contributed by atoms with Gasteiger partial charge in [0, 0.05) is 43.0 Å². The molecule has 144 valence electrons. The minimum Gasteiger partial charge on any atom is -0.478 e. The van der Waals surface area contributed by atoms with Gasteiger partial charge in [-0.1, -0.05) is 11.6 Å². The molecule has 0 unspecified atom stereocenters. The molecule has 1 amide bonds. The van der Waals surface area contributed by atoms with E-state index in [1.807, 2.05) is 24.8 Å². The van der Waals surface area contributed by atoms with Gasteiger partial charge >= 0.3 is 0 Å². The fraction of sp³-hybridized carbons (Fsp3) is 0.450. The summed E-state index contributed by atoms with van der Waals surface area (Å²) in [5.41, 5.74) is 0.00598. The van der Waals surface area contributed by atoms with Crippen LogP contribution in [0.3, 0.4) is 0 Å². The second-order valence-electron chi connectivity index (χ2n) is 7.26. The molecule has 0 radical (unpaired) electrons. The van der Waals surface area contributed by atoms with Gasteiger partial charge in [-0.3, -0.25) is 4.79 Å². The third-order valence-corrected chi connectivity index (χ3v) is 4.80. The molecule has 1 aliphatic rings. The number of carbonyl (C=O) groups is 1. The van der Waals surface area contributed by atoms with E-state index >= 15 is 0 Å². The Morgan fingerprint density at radius 1 is 1.07 bits per heavy atom. The van der Waals surface area contributed by atoms with E-state index in [-0.39, 0.29) is 5.91 Å². The quantitative estimate of drug-likeness (QED) is 0.804. The standard InChI is InChI=1S/C20H25ClN4O2/c1-14-13-18(23-15(2)22-14)24-9-11-25(12-10-24)19(26)20(3,4)27-17-7-5-16(21)6-8-17/h5-8,13H,9-12H2,1-4H3. The molecule has 0 saturated carbocycles. The van der Waals surface area contributed by atoms with Crippen LogP contribution >= 0.6 is 11.6 Å². The molecule has 0 N–H and O–H groups in total. The number of aromatic nitrogens is 2. The van der Waals surface area contributed by atoms with Crippen molar-refractivity contribution in [3.8, 4) is 5.75 Å². The lowest BCUT2D eigenvalue weighted by Gasteiger charge is -2.39. The van der Waals surface area contributed by atoms with Gasteiger partial charge in [-0.05, 0) is 52.0 Å². The summed E-state index contributed by atoms with van der Waals surface area (Å²) in [6, 6.07) is 9.03. The monoisotopic (exact) mass is 388 g/mol. The van der Waals surface area contributed by atoms with Crippen molar-refractivity contribution in [3.05, 3.63) is 46.9 Å². The molecule has 1 aromatic carbocycles. The largest absolute Gasteiger partial charge is 0.478 e. The van der Waals surface area contributed by atoms with Crippen molar-refractivity contribution < 1.29 is 9.53 Å². The number of benzene rings is 1. The van der Waals surface area contributed by atoms with Crippen molar-refractivity contribution in [2.75, 3.05) is 31.1 Å². The zero-order valence-electron chi connectivity index (χ0n) is 16.2. The second-order valence-corrected chi connectivity index (χ2v) is 7.70. The number of nitrogens with zero attached hydrogens (tertiary/aromatic N) is 4. The molecule has 0 atom stereocenters. The summed E-state index contributed by atoms with van der Waals surface area (Å²) in [7, 11) is 0. The Hall–Kier alpha value is -2.34. The van der Waals surface area contributed by atoms with Crippen LogP contribution in [0.5, 0.6) is 5.75 Å². The predicted octanol–water partition coefficient (Wildman–Crippen LogP) is 3.25. The van der Waals surface area contributed by atoms with Gasteiger partial charge in [0.05, 0.1) is 0 Å². The Balaban J connectivity index is 1.62. The maximum Gasteiger partial charge on any atom is 0.266 e. The van der Waals surface area contributed by atoms with Crippen molar-refractivity contribution in [2.24, 2.45) is 0 Å². The average molecular weight is 389 g/mol. The van der Waals surface area contributed by atoms with Crippen molar-refractivity contribution in [1.82, 2.24) is 14.9 Å². The number of anilines is 1. The first-order valence-corrected chi connectivity index (χ1v) is 9.43. The third kappa shape index (κ3) is 4.69. The van der Waals surface area contributed by atoms with E-state index < -0.39 is 5.60 Å². The Morgan fingerprint density at radius 2 is 1.70 bits per heavy atom. The summed E-state index contributed by atoms with van der Waals surface area (Å²) >= 11 is 5.91. The first-order chi connectivity index (χ1) is 12.7. The molecule has 1 aromatic heterocycles. The first kappa shape index (κ1) is 19.4. The predicted molar refractivity (Wildman–Crippen MR) is 106 cm³/mol. The molecule has 2 aromatic rings. The van der Waals surface area contributed by atoms with Crippen molar-refractivity contribution in [1.29, 1.82) is 0 Å². The first-order valence-electron chi connectivity index (χ1n) is 9.06. The minimum absolute atomic E-state index is 0.0212. The zero-order chi connectivity index (χ0) is 19.6. The lowest BCUT2D eigenvalue weighted by Crippen LogP contribution is -2.56. The number of hydrogen-bond donors (Lipinski definition) is 0. The fourth-order valence-electron chi connectivity index (χ4n) is 3.22. The van der Waals surface area contributed by atoms with Gasteiger partial charge in [-0.15, -0.1) is 0 Å². The number of rotatable bonds is 4. The fourth-order valence-corrected chi connectivity index (χ4v) is 3.35. The van der Waals surface area contributed by atoms with Gasteiger partial charge < -0.3 is 14.5 Å². The number of piperazine rings is 1. The lowest BCUT2D eigenvalue weighted by atomic mass is 10.1. The molecule has 2 heterocycles. The summed E-state index contributed by atoms with van der Waals surface area (Å²) in [6.07, 6.45) is 0. The number of aryl methyl sites for hydroxylation is 2. The number of halogens is 1. The van der Waals surface area contributed by atoms with Crippen LogP contribution in [0.4, 0.5) is 5.82 Å². The van der Waals surface area contributed by atoms with Crippen LogP contribution in [-0.4, -0.2) is 52.6 Å². The summed E-state index contributed by atoms with van der Waals surface area (Å²) in [6.45, 7) is 10.2. The number of hydrogen-bond acceptors (Lipinski definition) is 5. The zero-order valence-corrected chi connectivity index (χ0v) is 17.0. The third-order valence-electron chi connectivity index (χ3n) is 4.55. The van der Waals surface area contributed by atoms with Crippen LogP contribution in [0.1, 0.15) is 25.4 Å². The lowest BCUT2D eigenvalue weighted by molar-refractivity contribution is -0.145. The van der Waals surface area contributed by atoms with E-state index in [1.54, 1.807) is 38.1 Å². The molecule has 27 heavy (non-hydrogen) atoms. The molecule has 1 saturated heterocycles. The summed E-state index contributed by atoms with van der Waals surface area (Å²) in [4.78, 5) is 25.9. The number of ether oxygens (including phenoxy) is 1. The SMILES string of the molecule is Cc1cc(N2CCN(C(=O)C(C)(C)Oc3ccc(Cl)cc3)CC2)nc(C)n1. The normalized spacial score (nSPS) is 15.0. The number of amides is 1. The molecule has 3 rings (SSSR count). The Labute approximate surface area is 165 Å². The van der Waals surface area contributed by atoms with Crippen LogP contribution in [0, 0.1) is 13.8 Å². The van der Waals surface area contributed by atoms with E-state index in [0.717, 1.165) is 30.4 Å². The van der Waals surface area contributed by atoms with Gasteiger partial charge in [0.2, 0.25) is 0 Å². The van der Waals surface area contributed by atoms with Crippen LogP contribution in [0.15, 0.2) is 30.3 Å². The maximum absolute atomic E-state index is 13.0. The molecule has 1 aliphatic heterocycles. The topological polar surface area (TPSA) is 58.6 Å². The van der Waals surface area contributed by atoms with E-state index in [0.29, 0.717) is 23.9 Å². The van der Waals surface area contributed by atoms with E-state index in [9.17, 15) is 4.79 Å². The van der Waals surface area contributed by atoms with Crippen LogP contribution < -0.4 is 9.64 Å². The average Bonchev–Trinajstić information content (AvgIpc) is 2.62. The Kier molecular flexibility index (Phi) is 5.56. The molecule has 0 spiro atoms. The van der Waals surface area contributed by atoms with E-state index in [1.165, 1.54) is 0 Å². The van der Waals surface area contributed by atoms with Crippen molar-refractivity contribution in [2.45, 2.75) is 33.3 Å². The Bertz CT molecular complexity index is 795. The van der Waals surface area contributed by atoms with Gasteiger partial charge in [-0.2, -0.15) is 0 Å². The summed E-state index contributed by atoms with van der Waals surface area (Å²) in [5, 5.41) is 0.637. The Morgan fingerprint density at radius 3 is 2.30 bits per heavy atom. The molecule has 0 bridgehead atoms. The molecule has 0 aliphatic carbocycles. The highest BCUT2D eigenvalue weighted by molar-refractivity contribution is 6.30. The van der Waals surface area contributed by atoms with Gasteiger partial charge in [0.25, 0.3) is 5.91 Å². The van der Waals surface area contributed by atoms with Crippen molar-refractivity contribution in [3.63, 3.8) is 0 Å². The molecular weight excluding hydrogens is 364 g/mol. The molecule has 1 fully saturated rings. The number of carbonyl (C=O) groups excluding carboxylic acids is 1. The second kappa shape index (κ2) is 7.72. The van der Waals surface area contributed by atoms with E-state index in [4.69, 9.17) is 16.3 Å². The highest BCUT2D eigenvalue weighted by Gasteiger charge is 2.36. The molecule has 7 heteroatoms. The smallest absolute Gasteiger partial charge is 0.266 e. The minimum atomic E-state index is -0.946. The van der Waals surface area contributed by atoms with Crippen LogP contribution in [-0.2, 0) is 4.79 Å². The highest BCUT2D eigenvalue weighted by Crippen LogP contribution is 2.23.